The molecule has 0 aliphatic rings. The molecule has 0 bridgehead atoms. The third kappa shape index (κ3) is 3.37. The molecule has 3 nitrogen and oxygen atoms in total. The smallest absolute Gasteiger partial charge is 0.339 e. The first kappa shape index (κ1) is 12.3. The maximum absolute atomic E-state index is 11.7. The van der Waals surface area contributed by atoms with Crippen molar-refractivity contribution in [2.24, 2.45) is 0 Å². The van der Waals surface area contributed by atoms with Crippen molar-refractivity contribution >= 4 is 28.6 Å². The molecule has 0 aliphatic heterocycles. The minimum absolute atomic E-state index is 0.0963. The van der Waals surface area contributed by atoms with Crippen LogP contribution < -0.4 is 0 Å². The van der Waals surface area contributed by atoms with Crippen LogP contribution in [0.25, 0.3) is 0 Å². The van der Waals surface area contributed by atoms with Crippen LogP contribution in [-0.2, 0) is 4.74 Å². The molecular weight excluding hydrogens is 307 g/mol. The fraction of sp³-hybridized carbons (Fsp3) is 0.364. The zero-order valence-corrected chi connectivity index (χ0v) is 11.0. The Morgan fingerprint density at radius 3 is 2.53 bits per heavy atom. The number of aromatic hydroxyl groups is 1. The summed E-state index contributed by atoms with van der Waals surface area (Å²) in [4.78, 5) is 11.7. The molecule has 0 saturated carbocycles. The number of rotatable bonds is 1. The van der Waals surface area contributed by atoms with E-state index in [0.29, 0.717) is 9.13 Å². The van der Waals surface area contributed by atoms with Gasteiger partial charge in [-0.25, -0.2) is 4.79 Å². The number of esters is 1. The third-order valence-electron chi connectivity index (χ3n) is 1.60. The minimum Gasteiger partial charge on any atom is -0.507 e. The Labute approximate surface area is 103 Å². The van der Waals surface area contributed by atoms with Gasteiger partial charge in [0.2, 0.25) is 0 Å². The van der Waals surface area contributed by atoms with Gasteiger partial charge in [0.25, 0.3) is 0 Å². The van der Waals surface area contributed by atoms with Gasteiger partial charge in [-0.15, -0.1) is 0 Å². The summed E-state index contributed by atoms with van der Waals surface area (Å²) in [7, 11) is 0. The zero-order valence-electron chi connectivity index (χ0n) is 8.87. The second kappa shape index (κ2) is 4.38. The Morgan fingerprint density at radius 2 is 2.00 bits per heavy atom. The lowest BCUT2D eigenvalue weighted by Crippen LogP contribution is -2.24. The standard InChI is InChI=1S/C11H13IO3/c1-11(2,3)15-10(14)7-5-4-6-8(13)9(7)12/h4-6,13H,1-3H3. The van der Waals surface area contributed by atoms with Crippen molar-refractivity contribution in [1.82, 2.24) is 0 Å². The molecular formula is C11H13IO3. The summed E-state index contributed by atoms with van der Waals surface area (Å²) in [6.07, 6.45) is 0. The van der Waals surface area contributed by atoms with Crippen LogP contribution in [0.2, 0.25) is 0 Å². The number of carbonyl (C=O) groups is 1. The van der Waals surface area contributed by atoms with Crippen molar-refractivity contribution in [2.45, 2.75) is 26.4 Å². The SMILES string of the molecule is CC(C)(C)OC(=O)c1cccc(O)c1I. The average molecular weight is 320 g/mol. The Balaban J connectivity index is 2.97. The first-order chi connectivity index (χ1) is 6.81. The number of hydrogen-bond acceptors (Lipinski definition) is 3. The number of hydrogen-bond donors (Lipinski definition) is 1. The number of phenols is 1. The molecule has 4 heteroatoms. The summed E-state index contributed by atoms with van der Waals surface area (Å²) in [6, 6.07) is 4.79. The van der Waals surface area contributed by atoms with E-state index in [1.807, 2.05) is 22.6 Å². The molecule has 1 aromatic rings. The quantitative estimate of drug-likeness (QED) is 0.639. The van der Waals surface area contributed by atoms with Crippen molar-refractivity contribution in [1.29, 1.82) is 0 Å². The summed E-state index contributed by atoms with van der Waals surface area (Å²) in [5.41, 5.74) is -0.128. The van der Waals surface area contributed by atoms with Gasteiger partial charge in [-0.1, -0.05) is 6.07 Å². The predicted octanol–water partition coefficient (Wildman–Crippen LogP) is 2.95. The van der Waals surface area contributed by atoms with Crippen LogP contribution in [0.5, 0.6) is 5.75 Å². The highest BCUT2D eigenvalue weighted by Gasteiger charge is 2.20. The van der Waals surface area contributed by atoms with E-state index in [-0.39, 0.29) is 5.75 Å². The summed E-state index contributed by atoms with van der Waals surface area (Å²) in [5.74, 6) is -0.318. The monoisotopic (exact) mass is 320 g/mol. The van der Waals surface area contributed by atoms with Crippen LogP contribution in [0.1, 0.15) is 31.1 Å². The molecule has 0 fully saturated rings. The first-order valence-corrected chi connectivity index (χ1v) is 5.60. The van der Waals surface area contributed by atoms with Crippen LogP contribution in [0.3, 0.4) is 0 Å². The number of phenolic OH excluding ortho intramolecular Hbond substituents is 1. The number of carbonyl (C=O) groups excluding carboxylic acids is 1. The van der Waals surface area contributed by atoms with Crippen molar-refractivity contribution in [3.63, 3.8) is 0 Å². The molecule has 0 spiro atoms. The minimum atomic E-state index is -0.522. The molecule has 0 aromatic heterocycles. The number of halogens is 1. The van der Waals surface area contributed by atoms with Crippen LogP contribution >= 0.6 is 22.6 Å². The average Bonchev–Trinajstić information content (AvgIpc) is 2.06. The van der Waals surface area contributed by atoms with Crippen molar-refractivity contribution < 1.29 is 14.6 Å². The predicted molar refractivity (Wildman–Crippen MR) is 66.0 cm³/mol. The summed E-state index contributed by atoms with van der Waals surface area (Å²) in [6.45, 7) is 5.42. The molecule has 0 heterocycles. The topological polar surface area (TPSA) is 46.5 Å². The van der Waals surface area contributed by atoms with Crippen molar-refractivity contribution in [3.05, 3.63) is 27.3 Å². The van der Waals surface area contributed by atoms with E-state index in [9.17, 15) is 9.90 Å². The van der Waals surface area contributed by atoms with Gasteiger partial charge in [0, 0.05) is 0 Å². The second-order valence-corrected chi connectivity index (χ2v) is 5.22. The van der Waals surface area contributed by atoms with Gasteiger partial charge in [0.1, 0.15) is 11.4 Å². The lowest BCUT2D eigenvalue weighted by Gasteiger charge is -2.19. The van der Waals surface area contributed by atoms with Gasteiger partial charge in [0.15, 0.2) is 0 Å². The van der Waals surface area contributed by atoms with Crippen LogP contribution in [0.15, 0.2) is 18.2 Å². The Bertz CT molecular complexity index is 380. The largest absolute Gasteiger partial charge is 0.507 e. The molecule has 0 amide bonds. The normalized spacial score (nSPS) is 11.2. The molecule has 0 atom stereocenters. The van der Waals surface area contributed by atoms with Crippen molar-refractivity contribution in [2.75, 3.05) is 0 Å². The van der Waals surface area contributed by atoms with Gasteiger partial charge >= 0.3 is 5.97 Å². The van der Waals surface area contributed by atoms with Gasteiger partial charge in [-0.05, 0) is 55.5 Å². The van der Waals surface area contributed by atoms with Crippen molar-refractivity contribution in [3.8, 4) is 5.75 Å². The molecule has 0 radical (unpaired) electrons. The van der Waals surface area contributed by atoms with Crippen LogP contribution in [-0.4, -0.2) is 16.7 Å². The Morgan fingerprint density at radius 1 is 1.40 bits per heavy atom. The highest BCUT2D eigenvalue weighted by Crippen LogP contribution is 2.24. The number of benzene rings is 1. The molecule has 0 aliphatic carbocycles. The van der Waals surface area contributed by atoms with Gasteiger partial charge in [0.05, 0.1) is 9.13 Å². The second-order valence-electron chi connectivity index (χ2n) is 4.14. The van der Waals surface area contributed by atoms with Crippen LogP contribution in [0.4, 0.5) is 0 Å². The van der Waals surface area contributed by atoms with E-state index in [2.05, 4.69) is 0 Å². The third-order valence-corrected chi connectivity index (χ3v) is 2.73. The molecule has 1 N–H and O–H groups in total. The molecule has 1 aromatic carbocycles. The van der Waals surface area contributed by atoms with E-state index in [1.165, 1.54) is 6.07 Å². The highest BCUT2D eigenvalue weighted by atomic mass is 127. The lowest BCUT2D eigenvalue weighted by molar-refractivity contribution is 0.00678. The molecule has 0 unspecified atom stereocenters. The summed E-state index contributed by atoms with van der Waals surface area (Å²) in [5, 5.41) is 9.43. The Hall–Kier alpha value is -0.780. The summed E-state index contributed by atoms with van der Waals surface area (Å²) < 4.78 is 5.72. The first-order valence-electron chi connectivity index (χ1n) is 4.52. The van der Waals surface area contributed by atoms with Gasteiger partial charge < -0.3 is 9.84 Å². The van der Waals surface area contributed by atoms with E-state index >= 15 is 0 Å². The molecule has 15 heavy (non-hydrogen) atoms. The highest BCUT2D eigenvalue weighted by molar-refractivity contribution is 14.1. The zero-order chi connectivity index (χ0) is 11.6. The van der Waals surface area contributed by atoms with Gasteiger partial charge in [-0.2, -0.15) is 0 Å². The van der Waals surface area contributed by atoms with E-state index in [4.69, 9.17) is 4.74 Å². The fourth-order valence-electron chi connectivity index (χ4n) is 1.01. The maximum atomic E-state index is 11.7. The number of ether oxygens (including phenoxy) is 1. The molecule has 1 rings (SSSR count). The molecule has 0 saturated heterocycles. The summed E-state index contributed by atoms with van der Waals surface area (Å²) >= 11 is 1.92. The van der Waals surface area contributed by atoms with E-state index in [1.54, 1.807) is 32.9 Å². The van der Waals surface area contributed by atoms with Gasteiger partial charge in [-0.3, -0.25) is 0 Å². The van der Waals surface area contributed by atoms with E-state index in [0.717, 1.165) is 0 Å². The van der Waals surface area contributed by atoms with Crippen LogP contribution in [0, 0.1) is 3.57 Å². The fourth-order valence-corrected chi connectivity index (χ4v) is 1.59. The van der Waals surface area contributed by atoms with E-state index < -0.39 is 11.6 Å². The Kier molecular flexibility index (Phi) is 3.59. The maximum Gasteiger partial charge on any atom is 0.339 e. The lowest BCUT2D eigenvalue weighted by atomic mass is 10.1. The molecule has 82 valence electrons.